The minimum absolute atomic E-state index is 0.319. The third-order valence-corrected chi connectivity index (χ3v) is 4.11. The van der Waals surface area contributed by atoms with Gasteiger partial charge in [-0.3, -0.25) is 0 Å². The van der Waals surface area contributed by atoms with Crippen LogP contribution < -0.4 is 10.1 Å². The molecular formula is C15H23NO. The summed E-state index contributed by atoms with van der Waals surface area (Å²) >= 11 is 0. The van der Waals surface area contributed by atoms with Crippen LogP contribution in [0.15, 0.2) is 18.2 Å². The van der Waals surface area contributed by atoms with Crippen molar-refractivity contribution >= 4 is 5.69 Å². The predicted octanol–water partition coefficient (Wildman–Crippen LogP) is 3.96. The molecule has 1 heterocycles. The lowest BCUT2D eigenvalue weighted by Crippen LogP contribution is -2.27. The van der Waals surface area contributed by atoms with E-state index in [4.69, 9.17) is 4.74 Å². The SMILES string of the molecule is CCCCC1(CC)CNc2c(OC)cccc21. The van der Waals surface area contributed by atoms with Gasteiger partial charge in [-0.2, -0.15) is 0 Å². The van der Waals surface area contributed by atoms with Gasteiger partial charge in [-0.05, 0) is 24.5 Å². The van der Waals surface area contributed by atoms with Crippen molar-refractivity contribution in [1.29, 1.82) is 0 Å². The van der Waals surface area contributed by atoms with Crippen LogP contribution in [0.1, 0.15) is 45.1 Å². The summed E-state index contributed by atoms with van der Waals surface area (Å²) in [4.78, 5) is 0. The highest BCUT2D eigenvalue weighted by Gasteiger charge is 2.37. The van der Waals surface area contributed by atoms with Gasteiger partial charge >= 0.3 is 0 Å². The van der Waals surface area contributed by atoms with E-state index in [0.717, 1.165) is 12.3 Å². The molecule has 1 unspecified atom stereocenters. The Morgan fingerprint density at radius 1 is 1.35 bits per heavy atom. The number of ether oxygens (including phenoxy) is 1. The molecule has 2 heteroatoms. The summed E-state index contributed by atoms with van der Waals surface area (Å²) in [6.07, 6.45) is 5.03. The van der Waals surface area contributed by atoms with Gasteiger partial charge in [0.25, 0.3) is 0 Å². The number of rotatable bonds is 5. The quantitative estimate of drug-likeness (QED) is 0.831. The summed E-state index contributed by atoms with van der Waals surface area (Å²) in [5, 5.41) is 3.55. The first kappa shape index (κ1) is 12.3. The van der Waals surface area contributed by atoms with Crippen molar-refractivity contribution in [3.63, 3.8) is 0 Å². The second-order valence-electron chi connectivity index (χ2n) is 4.97. The standard InChI is InChI=1S/C15H23NO/c1-4-6-10-15(5-2)11-16-14-12(15)8-7-9-13(14)17-3/h7-9,16H,4-6,10-11H2,1-3H3. The molecular weight excluding hydrogens is 210 g/mol. The number of benzene rings is 1. The zero-order chi connectivity index (χ0) is 12.3. The maximum absolute atomic E-state index is 5.44. The lowest BCUT2D eigenvalue weighted by Gasteiger charge is -2.28. The lowest BCUT2D eigenvalue weighted by atomic mass is 9.76. The lowest BCUT2D eigenvalue weighted by molar-refractivity contribution is 0.400. The summed E-state index contributed by atoms with van der Waals surface area (Å²) in [5.41, 5.74) is 2.99. The molecule has 17 heavy (non-hydrogen) atoms. The van der Waals surface area contributed by atoms with E-state index in [1.807, 2.05) is 6.07 Å². The number of fused-ring (bicyclic) bond motifs is 1. The number of para-hydroxylation sites is 1. The molecule has 94 valence electrons. The van der Waals surface area contributed by atoms with Gasteiger partial charge in [0, 0.05) is 12.0 Å². The Kier molecular flexibility index (Phi) is 3.60. The van der Waals surface area contributed by atoms with Crippen LogP contribution in [0.4, 0.5) is 5.69 Å². The van der Waals surface area contributed by atoms with Crippen LogP contribution in [-0.4, -0.2) is 13.7 Å². The Morgan fingerprint density at radius 3 is 2.82 bits per heavy atom. The van der Waals surface area contributed by atoms with Crippen molar-refractivity contribution in [3.05, 3.63) is 23.8 Å². The number of nitrogens with one attached hydrogen (secondary N) is 1. The average molecular weight is 233 g/mol. The van der Waals surface area contributed by atoms with Crippen LogP contribution in [0.5, 0.6) is 5.75 Å². The number of anilines is 1. The molecule has 0 saturated carbocycles. The second-order valence-corrected chi connectivity index (χ2v) is 4.97. The molecule has 1 aliphatic rings. The predicted molar refractivity (Wildman–Crippen MR) is 73.0 cm³/mol. The first-order valence-corrected chi connectivity index (χ1v) is 6.68. The summed E-state index contributed by atoms with van der Waals surface area (Å²) in [7, 11) is 1.75. The molecule has 0 amide bonds. The highest BCUT2D eigenvalue weighted by atomic mass is 16.5. The second kappa shape index (κ2) is 4.99. The molecule has 2 rings (SSSR count). The van der Waals surface area contributed by atoms with Crippen molar-refractivity contribution in [2.45, 2.75) is 44.9 Å². The zero-order valence-electron chi connectivity index (χ0n) is 11.2. The molecule has 0 saturated heterocycles. The van der Waals surface area contributed by atoms with E-state index in [1.165, 1.54) is 36.9 Å². The van der Waals surface area contributed by atoms with E-state index >= 15 is 0 Å². The fourth-order valence-electron chi connectivity index (χ4n) is 2.91. The van der Waals surface area contributed by atoms with Crippen molar-refractivity contribution in [3.8, 4) is 5.75 Å². The number of unbranched alkanes of at least 4 members (excludes halogenated alkanes) is 1. The van der Waals surface area contributed by atoms with Crippen LogP contribution >= 0.6 is 0 Å². The topological polar surface area (TPSA) is 21.3 Å². The fraction of sp³-hybridized carbons (Fsp3) is 0.600. The number of methoxy groups -OCH3 is 1. The van der Waals surface area contributed by atoms with Gasteiger partial charge in [0.05, 0.1) is 12.8 Å². The molecule has 0 fully saturated rings. The molecule has 0 aliphatic carbocycles. The molecule has 1 atom stereocenters. The van der Waals surface area contributed by atoms with Crippen molar-refractivity contribution in [1.82, 2.24) is 0 Å². The van der Waals surface area contributed by atoms with Crippen LogP contribution in [0.3, 0.4) is 0 Å². The highest BCUT2D eigenvalue weighted by Crippen LogP contribution is 2.46. The average Bonchev–Trinajstić information content (AvgIpc) is 2.76. The van der Waals surface area contributed by atoms with Crippen molar-refractivity contribution < 1.29 is 4.74 Å². The van der Waals surface area contributed by atoms with E-state index in [-0.39, 0.29) is 0 Å². The van der Waals surface area contributed by atoms with E-state index in [0.29, 0.717) is 5.41 Å². The summed E-state index contributed by atoms with van der Waals surface area (Å²) in [5.74, 6) is 0.981. The van der Waals surface area contributed by atoms with Gasteiger partial charge in [-0.1, -0.05) is 38.8 Å². The van der Waals surface area contributed by atoms with Gasteiger partial charge in [0.1, 0.15) is 5.75 Å². The molecule has 0 spiro atoms. The third kappa shape index (κ3) is 2.01. The van der Waals surface area contributed by atoms with E-state index in [2.05, 4.69) is 31.3 Å². The van der Waals surface area contributed by atoms with Gasteiger partial charge in [-0.25, -0.2) is 0 Å². The minimum Gasteiger partial charge on any atom is -0.495 e. The Morgan fingerprint density at radius 2 is 2.18 bits per heavy atom. The zero-order valence-corrected chi connectivity index (χ0v) is 11.2. The summed E-state index contributed by atoms with van der Waals surface area (Å²) in [6, 6.07) is 6.41. The van der Waals surface area contributed by atoms with Gasteiger partial charge in [0.15, 0.2) is 0 Å². The Balaban J connectivity index is 2.36. The van der Waals surface area contributed by atoms with Crippen LogP contribution in [0.2, 0.25) is 0 Å². The highest BCUT2D eigenvalue weighted by molar-refractivity contribution is 5.68. The first-order chi connectivity index (χ1) is 8.27. The summed E-state index contributed by atoms with van der Waals surface area (Å²) < 4.78 is 5.44. The summed E-state index contributed by atoms with van der Waals surface area (Å²) in [6.45, 7) is 5.61. The Labute approximate surface area is 104 Å². The van der Waals surface area contributed by atoms with Gasteiger partial charge < -0.3 is 10.1 Å². The largest absolute Gasteiger partial charge is 0.495 e. The van der Waals surface area contributed by atoms with E-state index in [1.54, 1.807) is 7.11 Å². The minimum atomic E-state index is 0.319. The van der Waals surface area contributed by atoms with E-state index in [9.17, 15) is 0 Å². The van der Waals surface area contributed by atoms with Gasteiger partial charge in [0.2, 0.25) is 0 Å². The van der Waals surface area contributed by atoms with Crippen molar-refractivity contribution in [2.24, 2.45) is 0 Å². The number of hydrogen-bond acceptors (Lipinski definition) is 2. The third-order valence-electron chi connectivity index (χ3n) is 4.11. The Bertz CT molecular complexity index is 389. The molecule has 1 aromatic carbocycles. The maximum Gasteiger partial charge on any atom is 0.142 e. The molecule has 1 aromatic rings. The molecule has 0 radical (unpaired) electrons. The molecule has 1 N–H and O–H groups in total. The monoisotopic (exact) mass is 233 g/mol. The normalized spacial score (nSPS) is 22.1. The molecule has 0 bridgehead atoms. The maximum atomic E-state index is 5.44. The Hall–Kier alpha value is -1.18. The van der Waals surface area contributed by atoms with Crippen molar-refractivity contribution in [2.75, 3.05) is 19.0 Å². The number of hydrogen-bond donors (Lipinski definition) is 1. The first-order valence-electron chi connectivity index (χ1n) is 6.68. The smallest absolute Gasteiger partial charge is 0.142 e. The molecule has 0 aromatic heterocycles. The van der Waals surface area contributed by atoms with Crippen LogP contribution in [0, 0.1) is 0 Å². The van der Waals surface area contributed by atoms with Gasteiger partial charge in [-0.15, -0.1) is 0 Å². The molecule has 1 aliphatic heterocycles. The molecule has 2 nitrogen and oxygen atoms in total. The van der Waals surface area contributed by atoms with E-state index < -0.39 is 0 Å². The van der Waals surface area contributed by atoms with Crippen LogP contribution in [0.25, 0.3) is 0 Å². The van der Waals surface area contributed by atoms with Crippen LogP contribution in [-0.2, 0) is 5.41 Å². The fourth-order valence-corrected chi connectivity index (χ4v) is 2.91.